The van der Waals surface area contributed by atoms with Crippen molar-refractivity contribution in [2.45, 2.75) is 44.2 Å². The third-order valence-electron chi connectivity index (χ3n) is 4.99. The highest BCUT2D eigenvalue weighted by Gasteiger charge is 2.31. The lowest BCUT2D eigenvalue weighted by Crippen LogP contribution is -2.44. The van der Waals surface area contributed by atoms with Gasteiger partial charge in [0.2, 0.25) is 0 Å². The number of hydrogen-bond acceptors (Lipinski definition) is 2. The molecule has 1 N–H and O–H groups in total. The molecule has 1 heterocycles. The summed E-state index contributed by atoms with van der Waals surface area (Å²) in [6, 6.07) is 21.2. The Labute approximate surface area is 139 Å². The van der Waals surface area contributed by atoms with Crippen LogP contribution in [0.3, 0.4) is 0 Å². The highest BCUT2D eigenvalue weighted by atomic mass is 16.3. The quantitative estimate of drug-likeness (QED) is 0.870. The first-order valence-corrected chi connectivity index (χ1v) is 8.76. The maximum absolute atomic E-state index is 10.8. The van der Waals surface area contributed by atoms with Crippen molar-refractivity contribution in [2.24, 2.45) is 0 Å². The molecule has 2 aromatic carbocycles. The topological polar surface area (TPSA) is 23.5 Å². The zero-order chi connectivity index (χ0) is 16.0. The van der Waals surface area contributed by atoms with Crippen molar-refractivity contribution in [3.63, 3.8) is 0 Å². The van der Waals surface area contributed by atoms with Gasteiger partial charge < -0.3 is 5.11 Å². The predicted molar refractivity (Wildman–Crippen MR) is 95.3 cm³/mol. The molecule has 1 aliphatic heterocycles. The van der Waals surface area contributed by atoms with E-state index in [-0.39, 0.29) is 0 Å². The molecule has 122 valence electrons. The summed E-state index contributed by atoms with van der Waals surface area (Å²) in [6.07, 6.45) is 4.85. The normalized spacial score (nSPS) is 18.0. The van der Waals surface area contributed by atoms with Gasteiger partial charge in [0.15, 0.2) is 0 Å². The number of piperidine rings is 1. The second kappa shape index (κ2) is 7.76. The summed E-state index contributed by atoms with van der Waals surface area (Å²) in [7, 11) is 0. The molecular weight excluding hydrogens is 282 g/mol. The largest absolute Gasteiger partial charge is 0.390 e. The van der Waals surface area contributed by atoms with Crippen LogP contribution in [0.4, 0.5) is 0 Å². The Morgan fingerprint density at radius 3 is 2.00 bits per heavy atom. The third kappa shape index (κ3) is 4.92. The second-order valence-corrected chi connectivity index (χ2v) is 6.83. The molecule has 0 aliphatic carbocycles. The molecule has 0 spiro atoms. The van der Waals surface area contributed by atoms with Gasteiger partial charge in [0.05, 0.1) is 5.60 Å². The van der Waals surface area contributed by atoms with Crippen LogP contribution in [0.5, 0.6) is 0 Å². The average Bonchev–Trinajstić information content (AvgIpc) is 2.59. The van der Waals surface area contributed by atoms with Crippen molar-refractivity contribution in [3.05, 3.63) is 71.8 Å². The van der Waals surface area contributed by atoms with Gasteiger partial charge in [0, 0.05) is 19.6 Å². The van der Waals surface area contributed by atoms with E-state index in [9.17, 15) is 5.11 Å². The summed E-state index contributed by atoms with van der Waals surface area (Å²) >= 11 is 0. The van der Waals surface area contributed by atoms with Crippen LogP contribution in [0.1, 0.15) is 36.8 Å². The molecule has 1 saturated heterocycles. The minimum Gasteiger partial charge on any atom is -0.390 e. The first-order chi connectivity index (χ1) is 11.2. The lowest BCUT2D eigenvalue weighted by atomic mass is 9.86. The Balaban J connectivity index is 1.42. The van der Waals surface area contributed by atoms with Gasteiger partial charge in [-0.1, -0.05) is 60.7 Å². The SMILES string of the molecule is OC1(CCCc2ccccc2)CCN(Cc2ccccc2)CC1. The maximum atomic E-state index is 10.8. The standard InChI is InChI=1S/C21H27NO/c23-21(13-7-12-19-8-3-1-4-9-19)14-16-22(17-15-21)18-20-10-5-2-6-11-20/h1-6,8-11,23H,7,12-18H2. The van der Waals surface area contributed by atoms with Crippen molar-refractivity contribution >= 4 is 0 Å². The van der Waals surface area contributed by atoms with Crippen LogP contribution in [0.15, 0.2) is 60.7 Å². The van der Waals surface area contributed by atoms with Crippen LogP contribution in [-0.2, 0) is 13.0 Å². The van der Waals surface area contributed by atoms with Crippen LogP contribution in [-0.4, -0.2) is 28.7 Å². The van der Waals surface area contributed by atoms with Gasteiger partial charge in [-0.3, -0.25) is 4.90 Å². The molecule has 0 unspecified atom stereocenters. The second-order valence-electron chi connectivity index (χ2n) is 6.83. The minimum absolute atomic E-state index is 0.456. The number of aliphatic hydroxyl groups is 1. The van der Waals surface area contributed by atoms with Gasteiger partial charge in [0.1, 0.15) is 0 Å². The van der Waals surface area contributed by atoms with Gasteiger partial charge in [-0.05, 0) is 43.2 Å². The van der Waals surface area contributed by atoms with Crippen molar-refractivity contribution in [1.82, 2.24) is 4.90 Å². The molecule has 0 amide bonds. The van der Waals surface area contributed by atoms with Crippen LogP contribution < -0.4 is 0 Å². The van der Waals surface area contributed by atoms with Crippen molar-refractivity contribution < 1.29 is 5.11 Å². The monoisotopic (exact) mass is 309 g/mol. The summed E-state index contributed by atoms with van der Waals surface area (Å²) in [5.74, 6) is 0. The summed E-state index contributed by atoms with van der Waals surface area (Å²) in [5.41, 5.74) is 2.28. The lowest BCUT2D eigenvalue weighted by Gasteiger charge is -2.38. The molecule has 2 nitrogen and oxygen atoms in total. The Kier molecular flexibility index (Phi) is 5.47. The summed E-state index contributed by atoms with van der Waals surface area (Å²) in [6.45, 7) is 2.99. The van der Waals surface area contributed by atoms with Crippen LogP contribution in [0, 0.1) is 0 Å². The lowest BCUT2D eigenvalue weighted by molar-refractivity contribution is -0.0305. The molecule has 0 radical (unpaired) electrons. The molecule has 1 fully saturated rings. The van der Waals surface area contributed by atoms with Gasteiger partial charge in [-0.2, -0.15) is 0 Å². The number of likely N-dealkylation sites (tertiary alicyclic amines) is 1. The van der Waals surface area contributed by atoms with E-state index in [1.165, 1.54) is 11.1 Å². The molecular formula is C21H27NO. The van der Waals surface area contributed by atoms with Crippen LogP contribution in [0.25, 0.3) is 0 Å². The van der Waals surface area contributed by atoms with E-state index in [1.54, 1.807) is 0 Å². The van der Waals surface area contributed by atoms with E-state index >= 15 is 0 Å². The first kappa shape index (κ1) is 16.2. The fourth-order valence-electron chi connectivity index (χ4n) is 3.49. The van der Waals surface area contributed by atoms with E-state index in [1.807, 2.05) is 0 Å². The molecule has 0 aromatic heterocycles. The van der Waals surface area contributed by atoms with E-state index in [0.29, 0.717) is 0 Å². The highest BCUT2D eigenvalue weighted by Crippen LogP contribution is 2.28. The van der Waals surface area contributed by atoms with Gasteiger partial charge in [-0.25, -0.2) is 0 Å². The predicted octanol–water partition coefficient (Wildman–Crippen LogP) is 4.04. The molecule has 2 aromatic rings. The highest BCUT2D eigenvalue weighted by molar-refractivity contribution is 5.15. The molecule has 1 aliphatic rings. The summed E-state index contributed by atoms with van der Waals surface area (Å²) in [4.78, 5) is 2.46. The Hall–Kier alpha value is -1.64. The van der Waals surface area contributed by atoms with Crippen molar-refractivity contribution in [1.29, 1.82) is 0 Å². The fraction of sp³-hybridized carbons (Fsp3) is 0.429. The van der Waals surface area contributed by atoms with E-state index < -0.39 is 5.60 Å². The third-order valence-corrected chi connectivity index (χ3v) is 4.99. The minimum atomic E-state index is -0.456. The number of aryl methyl sites for hydroxylation is 1. The molecule has 0 atom stereocenters. The van der Waals surface area contributed by atoms with Crippen LogP contribution >= 0.6 is 0 Å². The van der Waals surface area contributed by atoms with Crippen LogP contribution in [0.2, 0.25) is 0 Å². The molecule has 2 heteroatoms. The smallest absolute Gasteiger partial charge is 0.0672 e. The van der Waals surface area contributed by atoms with Crippen molar-refractivity contribution in [3.8, 4) is 0 Å². The Morgan fingerprint density at radius 2 is 1.39 bits per heavy atom. The van der Waals surface area contributed by atoms with Crippen molar-refractivity contribution in [2.75, 3.05) is 13.1 Å². The van der Waals surface area contributed by atoms with Gasteiger partial charge >= 0.3 is 0 Å². The number of hydrogen-bond donors (Lipinski definition) is 1. The average molecular weight is 309 g/mol. The first-order valence-electron chi connectivity index (χ1n) is 8.76. The van der Waals surface area contributed by atoms with Gasteiger partial charge in [0.25, 0.3) is 0 Å². The number of rotatable bonds is 6. The number of nitrogens with zero attached hydrogens (tertiary/aromatic N) is 1. The Bertz CT molecular complexity index is 573. The van der Waals surface area contributed by atoms with Gasteiger partial charge in [-0.15, -0.1) is 0 Å². The molecule has 23 heavy (non-hydrogen) atoms. The van der Waals surface area contributed by atoms with E-state index in [2.05, 4.69) is 65.6 Å². The molecule has 3 rings (SSSR count). The molecule has 0 bridgehead atoms. The summed E-state index contributed by atoms with van der Waals surface area (Å²) < 4.78 is 0. The summed E-state index contributed by atoms with van der Waals surface area (Å²) in [5, 5.41) is 10.8. The number of benzene rings is 2. The van der Waals surface area contributed by atoms with E-state index in [4.69, 9.17) is 0 Å². The van der Waals surface area contributed by atoms with E-state index in [0.717, 1.165) is 51.7 Å². The fourth-order valence-corrected chi connectivity index (χ4v) is 3.49. The maximum Gasteiger partial charge on any atom is 0.0672 e. The zero-order valence-corrected chi connectivity index (χ0v) is 13.8. The molecule has 0 saturated carbocycles. The zero-order valence-electron chi connectivity index (χ0n) is 13.8. The Morgan fingerprint density at radius 1 is 0.826 bits per heavy atom.